The van der Waals surface area contributed by atoms with Gasteiger partial charge in [0, 0.05) is 16.1 Å². The molecular weight excluding hydrogens is 280 g/mol. The molecule has 0 saturated carbocycles. The molecule has 0 fully saturated rings. The number of methoxy groups -OCH3 is 2. The summed E-state index contributed by atoms with van der Waals surface area (Å²) in [4.78, 5) is 11.4. The molecule has 2 aromatic rings. The van der Waals surface area contributed by atoms with Gasteiger partial charge in [0.15, 0.2) is 11.5 Å². The van der Waals surface area contributed by atoms with Crippen LogP contribution in [0.15, 0.2) is 36.4 Å². The highest BCUT2D eigenvalue weighted by Crippen LogP contribution is 2.39. The van der Waals surface area contributed by atoms with E-state index in [0.29, 0.717) is 27.6 Å². The number of para-hydroxylation sites is 1. The molecular formula is C15H13ClO4. The Bertz CT molecular complexity index is 652. The lowest BCUT2D eigenvalue weighted by molar-refractivity contribution is 0.0697. The van der Waals surface area contributed by atoms with E-state index in [0.717, 1.165) is 0 Å². The molecule has 0 heterocycles. The van der Waals surface area contributed by atoms with Crippen molar-refractivity contribution in [2.75, 3.05) is 14.2 Å². The Morgan fingerprint density at radius 3 is 2.45 bits per heavy atom. The van der Waals surface area contributed by atoms with Crippen LogP contribution in [0, 0.1) is 0 Å². The topological polar surface area (TPSA) is 55.8 Å². The number of carboxylic acids is 1. The summed E-state index contributed by atoms with van der Waals surface area (Å²) in [5.74, 6) is -0.0246. The van der Waals surface area contributed by atoms with Gasteiger partial charge in [-0.05, 0) is 18.2 Å². The summed E-state index contributed by atoms with van der Waals surface area (Å²) < 4.78 is 10.6. The summed E-state index contributed by atoms with van der Waals surface area (Å²) in [5, 5.41) is 9.68. The van der Waals surface area contributed by atoms with Crippen LogP contribution in [0.5, 0.6) is 11.5 Å². The van der Waals surface area contributed by atoms with Crippen molar-refractivity contribution in [3.63, 3.8) is 0 Å². The van der Waals surface area contributed by atoms with Gasteiger partial charge in [0.1, 0.15) is 0 Å². The molecule has 0 spiro atoms. The number of rotatable bonds is 4. The van der Waals surface area contributed by atoms with Gasteiger partial charge in [-0.15, -0.1) is 0 Å². The number of carboxylic acid groups (broad SMARTS) is 1. The second-order valence-electron chi connectivity index (χ2n) is 4.04. The molecule has 2 aromatic carbocycles. The van der Waals surface area contributed by atoms with Crippen molar-refractivity contribution in [2.24, 2.45) is 0 Å². The van der Waals surface area contributed by atoms with Gasteiger partial charge in [-0.1, -0.05) is 29.8 Å². The second kappa shape index (κ2) is 5.84. The predicted molar refractivity (Wildman–Crippen MR) is 77.0 cm³/mol. The molecule has 0 atom stereocenters. The minimum absolute atomic E-state index is 0.115. The van der Waals surface area contributed by atoms with E-state index >= 15 is 0 Å². The Kier molecular flexibility index (Phi) is 4.15. The molecule has 0 aromatic heterocycles. The third-order valence-corrected chi connectivity index (χ3v) is 3.14. The molecule has 104 valence electrons. The maximum Gasteiger partial charge on any atom is 0.336 e. The molecule has 0 saturated heterocycles. The number of halogens is 1. The van der Waals surface area contributed by atoms with Crippen molar-refractivity contribution < 1.29 is 19.4 Å². The van der Waals surface area contributed by atoms with E-state index in [2.05, 4.69) is 0 Å². The van der Waals surface area contributed by atoms with Crippen LogP contribution in [-0.2, 0) is 0 Å². The fraction of sp³-hybridized carbons (Fsp3) is 0.133. The second-order valence-corrected chi connectivity index (χ2v) is 4.47. The summed E-state index contributed by atoms with van der Waals surface area (Å²) in [7, 11) is 3.04. The van der Waals surface area contributed by atoms with Crippen molar-refractivity contribution in [3.8, 4) is 22.6 Å². The third-order valence-electron chi connectivity index (χ3n) is 2.91. The fourth-order valence-corrected chi connectivity index (χ4v) is 2.20. The smallest absolute Gasteiger partial charge is 0.336 e. The molecule has 0 aliphatic heterocycles. The molecule has 5 heteroatoms. The van der Waals surface area contributed by atoms with Crippen LogP contribution >= 0.6 is 11.6 Å². The number of hydrogen-bond acceptors (Lipinski definition) is 3. The van der Waals surface area contributed by atoms with Crippen LogP contribution < -0.4 is 9.47 Å². The Balaban J connectivity index is 2.71. The first-order valence-corrected chi connectivity index (χ1v) is 6.20. The van der Waals surface area contributed by atoms with E-state index in [1.165, 1.54) is 20.3 Å². The lowest BCUT2D eigenvalue weighted by Crippen LogP contribution is -2.01. The molecule has 0 unspecified atom stereocenters. The zero-order valence-electron chi connectivity index (χ0n) is 11.0. The van der Waals surface area contributed by atoms with Crippen LogP contribution in [0.1, 0.15) is 10.4 Å². The van der Waals surface area contributed by atoms with Crippen LogP contribution in [0.3, 0.4) is 0 Å². The fourth-order valence-electron chi connectivity index (χ4n) is 2.03. The molecule has 2 rings (SSSR count). The number of aromatic carboxylic acids is 1. The van der Waals surface area contributed by atoms with E-state index < -0.39 is 5.97 Å². The number of hydrogen-bond donors (Lipinski definition) is 1. The first-order chi connectivity index (χ1) is 9.58. The van der Waals surface area contributed by atoms with Crippen molar-refractivity contribution >= 4 is 17.6 Å². The molecule has 0 bridgehead atoms. The molecule has 1 N–H and O–H groups in total. The summed E-state index contributed by atoms with van der Waals surface area (Å²) in [5.41, 5.74) is 1.28. The normalized spacial score (nSPS) is 10.2. The maximum atomic E-state index is 11.4. The monoisotopic (exact) mass is 292 g/mol. The van der Waals surface area contributed by atoms with E-state index in [-0.39, 0.29) is 5.56 Å². The summed E-state index contributed by atoms with van der Waals surface area (Å²) in [6, 6.07) is 10.0. The molecule has 0 radical (unpaired) electrons. The first kappa shape index (κ1) is 14.2. The van der Waals surface area contributed by atoms with Crippen molar-refractivity contribution in [1.29, 1.82) is 0 Å². The van der Waals surface area contributed by atoms with Gasteiger partial charge in [0.25, 0.3) is 0 Å². The molecule has 4 nitrogen and oxygen atoms in total. The third kappa shape index (κ3) is 2.56. The zero-order chi connectivity index (χ0) is 14.7. The van der Waals surface area contributed by atoms with Crippen molar-refractivity contribution in [3.05, 3.63) is 47.0 Å². The summed E-state index contributed by atoms with van der Waals surface area (Å²) in [6.45, 7) is 0. The van der Waals surface area contributed by atoms with Gasteiger partial charge in [-0.2, -0.15) is 0 Å². The minimum Gasteiger partial charge on any atom is -0.493 e. The van der Waals surface area contributed by atoms with Gasteiger partial charge in [0.2, 0.25) is 0 Å². The van der Waals surface area contributed by atoms with E-state index in [1.807, 2.05) is 0 Å². The van der Waals surface area contributed by atoms with Crippen molar-refractivity contribution in [2.45, 2.75) is 0 Å². The number of ether oxygens (including phenoxy) is 2. The van der Waals surface area contributed by atoms with Crippen LogP contribution in [0.25, 0.3) is 11.1 Å². The van der Waals surface area contributed by atoms with Crippen LogP contribution in [0.4, 0.5) is 0 Å². The average molecular weight is 293 g/mol. The SMILES string of the molecule is COc1cccc(-c2ccc(Cl)cc2C(=O)O)c1OC. The van der Waals surface area contributed by atoms with Crippen LogP contribution in [-0.4, -0.2) is 25.3 Å². The number of benzene rings is 2. The standard InChI is InChI=1S/C15H13ClO4/c1-19-13-5-3-4-11(14(13)20-2)10-7-6-9(16)8-12(10)15(17)18/h3-8H,1-2H3,(H,17,18). The van der Waals surface area contributed by atoms with Gasteiger partial charge in [0.05, 0.1) is 19.8 Å². The summed E-state index contributed by atoms with van der Waals surface area (Å²) in [6.07, 6.45) is 0. The zero-order valence-corrected chi connectivity index (χ0v) is 11.8. The Morgan fingerprint density at radius 1 is 1.10 bits per heavy atom. The van der Waals surface area contributed by atoms with Crippen molar-refractivity contribution in [1.82, 2.24) is 0 Å². The van der Waals surface area contributed by atoms with E-state index in [9.17, 15) is 9.90 Å². The van der Waals surface area contributed by atoms with Gasteiger partial charge < -0.3 is 14.6 Å². The molecule has 0 aliphatic carbocycles. The average Bonchev–Trinajstić information content (AvgIpc) is 2.46. The minimum atomic E-state index is -1.05. The Labute approximate surface area is 121 Å². The summed E-state index contributed by atoms with van der Waals surface area (Å²) >= 11 is 5.86. The lowest BCUT2D eigenvalue weighted by atomic mass is 9.98. The highest BCUT2D eigenvalue weighted by Gasteiger charge is 2.18. The number of carbonyl (C=O) groups is 1. The maximum absolute atomic E-state index is 11.4. The highest BCUT2D eigenvalue weighted by molar-refractivity contribution is 6.31. The Morgan fingerprint density at radius 2 is 1.85 bits per heavy atom. The molecule has 20 heavy (non-hydrogen) atoms. The Hall–Kier alpha value is -2.20. The van der Waals surface area contributed by atoms with Gasteiger partial charge in [-0.3, -0.25) is 0 Å². The first-order valence-electron chi connectivity index (χ1n) is 5.82. The largest absolute Gasteiger partial charge is 0.493 e. The van der Waals surface area contributed by atoms with Gasteiger partial charge in [-0.25, -0.2) is 4.79 Å². The predicted octanol–water partition coefficient (Wildman–Crippen LogP) is 3.72. The van der Waals surface area contributed by atoms with E-state index in [1.54, 1.807) is 30.3 Å². The highest BCUT2D eigenvalue weighted by atomic mass is 35.5. The van der Waals surface area contributed by atoms with Gasteiger partial charge >= 0.3 is 5.97 Å². The molecule has 0 amide bonds. The quantitative estimate of drug-likeness (QED) is 0.933. The van der Waals surface area contributed by atoms with E-state index in [4.69, 9.17) is 21.1 Å². The molecule has 0 aliphatic rings. The lowest BCUT2D eigenvalue weighted by Gasteiger charge is -2.14. The van der Waals surface area contributed by atoms with Crippen LogP contribution in [0.2, 0.25) is 5.02 Å².